The van der Waals surface area contributed by atoms with Crippen molar-refractivity contribution in [2.45, 2.75) is 31.7 Å². The molecule has 1 N–H and O–H groups in total. The first-order valence-corrected chi connectivity index (χ1v) is 10.3. The molecule has 1 aromatic carbocycles. The van der Waals surface area contributed by atoms with Crippen LogP contribution in [-0.4, -0.2) is 44.9 Å². The van der Waals surface area contributed by atoms with E-state index in [2.05, 4.69) is 5.32 Å². The molecule has 1 atom stereocenters. The van der Waals surface area contributed by atoms with Crippen molar-refractivity contribution >= 4 is 15.9 Å². The van der Waals surface area contributed by atoms with Gasteiger partial charge in [0, 0.05) is 24.2 Å². The lowest BCUT2D eigenvalue weighted by atomic mass is 10.1. The van der Waals surface area contributed by atoms with E-state index in [1.165, 1.54) is 16.4 Å². The minimum absolute atomic E-state index is 0.111. The van der Waals surface area contributed by atoms with Crippen LogP contribution in [0.1, 0.15) is 40.4 Å². The lowest BCUT2D eigenvalue weighted by Gasteiger charge is -2.26. The highest BCUT2D eigenvalue weighted by Crippen LogP contribution is 2.22. The Labute approximate surface area is 159 Å². The standard InChI is InChI=1S/C19H24N2O5S/c1-13-11-18(15(3)26-13)14(2)20-19(22)16-5-4-6-17(12-16)27(23,24)21-7-9-25-10-8-21/h4-6,11-12,14H,7-10H2,1-3H3,(H,20,22). The van der Waals surface area contributed by atoms with Gasteiger partial charge in [0.25, 0.3) is 5.91 Å². The summed E-state index contributed by atoms with van der Waals surface area (Å²) in [5.41, 5.74) is 1.20. The van der Waals surface area contributed by atoms with Gasteiger partial charge in [-0.25, -0.2) is 8.42 Å². The predicted octanol–water partition coefficient (Wildman–Crippen LogP) is 2.41. The monoisotopic (exact) mass is 392 g/mol. The summed E-state index contributed by atoms with van der Waals surface area (Å²) in [7, 11) is -3.64. The highest BCUT2D eigenvalue weighted by atomic mass is 32.2. The van der Waals surface area contributed by atoms with Gasteiger partial charge in [0.05, 0.1) is 24.2 Å². The maximum absolute atomic E-state index is 12.8. The fourth-order valence-corrected chi connectivity index (χ4v) is 4.63. The van der Waals surface area contributed by atoms with Crippen LogP contribution in [-0.2, 0) is 14.8 Å². The van der Waals surface area contributed by atoms with Crippen molar-refractivity contribution < 1.29 is 22.4 Å². The number of carbonyl (C=O) groups is 1. The van der Waals surface area contributed by atoms with E-state index in [9.17, 15) is 13.2 Å². The Balaban J connectivity index is 1.78. The van der Waals surface area contributed by atoms with Gasteiger partial charge >= 0.3 is 0 Å². The van der Waals surface area contributed by atoms with Crippen LogP contribution >= 0.6 is 0 Å². The van der Waals surface area contributed by atoms with Gasteiger partial charge in [-0.1, -0.05) is 6.07 Å². The number of nitrogens with zero attached hydrogens (tertiary/aromatic N) is 1. The molecule has 0 radical (unpaired) electrons. The molecule has 1 aliphatic rings. The van der Waals surface area contributed by atoms with Crippen LogP contribution in [0.3, 0.4) is 0 Å². The van der Waals surface area contributed by atoms with Crippen molar-refractivity contribution in [2.75, 3.05) is 26.3 Å². The van der Waals surface area contributed by atoms with Crippen molar-refractivity contribution in [2.24, 2.45) is 0 Å². The summed E-state index contributed by atoms with van der Waals surface area (Å²) in [6.45, 7) is 6.94. The van der Waals surface area contributed by atoms with E-state index in [0.29, 0.717) is 31.9 Å². The number of ether oxygens (including phenoxy) is 1. The van der Waals surface area contributed by atoms with Crippen LogP contribution in [0.15, 0.2) is 39.6 Å². The van der Waals surface area contributed by atoms with Crippen molar-refractivity contribution in [1.82, 2.24) is 9.62 Å². The molecule has 0 spiro atoms. The zero-order chi connectivity index (χ0) is 19.6. The quantitative estimate of drug-likeness (QED) is 0.844. The summed E-state index contributed by atoms with van der Waals surface area (Å²) in [5, 5.41) is 2.90. The van der Waals surface area contributed by atoms with E-state index in [1.807, 2.05) is 26.8 Å². The van der Waals surface area contributed by atoms with Gasteiger partial charge in [0.15, 0.2) is 0 Å². The topological polar surface area (TPSA) is 88.9 Å². The van der Waals surface area contributed by atoms with Crippen LogP contribution in [0.4, 0.5) is 0 Å². The lowest BCUT2D eigenvalue weighted by Crippen LogP contribution is -2.40. The Morgan fingerprint density at radius 3 is 2.52 bits per heavy atom. The van der Waals surface area contributed by atoms with Gasteiger partial charge in [-0.2, -0.15) is 4.31 Å². The van der Waals surface area contributed by atoms with E-state index in [-0.39, 0.29) is 16.8 Å². The van der Waals surface area contributed by atoms with Gasteiger partial charge in [0.2, 0.25) is 10.0 Å². The second kappa shape index (κ2) is 7.84. The molecule has 1 unspecified atom stereocenters. The fourth-order valence-electron chi connectivity index (χ4n) is 3.17. The maximum Gasteiger partial charge on any atom is 0.251 e. The first-order chi connectivity index (χ1) is 12.8. The Kier molecular flexibility index (Phi) is 5.69. The predicted molar refractivity (Wildman–Crippen MR) is 100 cm³/mol. The van der Waals surface area contributed by atoms with Crippen LogP contribution in [0, 0.1) is 13.8 Å². The van der Waals surface area contributed by atoms with Gasteiger partial charge < -0.3 is 14.5 Å². The van der Waals surface area contributed by atoms with Crippen molar-refractivity contribution in [3.05, 3.63) is 53.0 Å². The van der Waals surface area contributed by atoms with Crippen molar-refractivity contribution in [1.29, 1.82) is 0 Å². The van der Waals surface area contributed by atoms with Gasteiger partial charge in [-0.05, 0) is 45.0 Å². The molecule has 1 aromatic heterocycles. The van der Waals surface area contributed by atoms with Gasteiger partial charge in [-0.15, -0.1) is 0 Å². The SMILES string of the molecule is Cc1cc(C(C)NC(=O)c2cccc(S(=O)(=O)N3CCOCC3)c2)c(C)o1. The molecule has 1 fully saturated rings. The third kappa shape index (κ3) is 4.23. The minimum atomic E-state index is -3.64. The number of aryl methyl sites for hydroxylation is 2. The molecule has 1 aliphatic heterocycles. The molecule has 2 heterocycles. The molecule has 1 saturated heterocycles. The summed E-state index contributed by atoms with van der Waals surface area (Å²) < 4.78 is 37.7. The largest absolute Gasteiger partial charge is 0.466 e. The molecule has 0 aliphatic carbocycles. The van der Waals surface area contributed by atoms with Gasteiger partial charge in [0.1, 0.15) is 11.5 Å². The van der Waals surface area contributed by atoms with Gasteiger partial charge in [-0.3, -0.25) is 4.79 Å². The molecular formula is C19H24N2O5S. The number of hydrogen-bond acceptors (Lipinski definition) is 5. The number of amides is 1. The number of morpholine rings is 1. The van der Waals surface area contributed by atoms with E-state index in [0.717, 1.165) is 17.1 Å². The normalized spacial score (nSPS) is 16.9. The second-order valence-electron chi connectivity index (χ2n) is 6.61. The lowest BCUT2D eigenvalue weighted by molar-refractivity contribution is 0.0730. The molecule has 1 amide bonds. The molecule has 2 aromatic rings. The zero-order valence-electron chi connectivity index (χ0n) is 15.7. The Morgan fingerprint density at radius 2 is 1.89 bits per heavy atom. The molecule has 3 rings (SSSR count). The number of furan rings is 1. The second-order valence-corrected chi connectivity index (χ2v) is 8.55. The zero-order valence-corrected chi connectivity index (χ0v) is 16.5. The van der Waals surface area contributed by atoms with Crippen LogP contribution in [0.5, 0.6) is 0 Å². The van der Waals surface area contributed by atoms with Crippen LogP contribution in [0.25, 0.3) is 0 Å². The highest BCUT2D eigenvalue weighted by Gasteiger charge is 2.27. The Hall–Kier alpha value is -2.16. The average molecular weight is 392 g/mol. The smallest absolute Gasteiger partial charge is 0.251 e. The summed E-state index contributed by atoms with van der Waals surface area (Å²) in [5.74, 6) is 1.20. The van der Waals surface area contributed by atoms with E-state index in [1.54, 1.807) is 12.1 Å². The third-order valence-corrected chi connectivity index (χ3v) is 6.49. The third-order valence-electron chi connectivity index (χ3n) is 4.60. The number of benzene rings is 1. The van der Waals surface area contributed by atoms with Crippen molar-refractivity contribution in [3.8, 4) is 0 Å². The molecule has 8 heteroatoms. The molecule has 27 heavy (non-hydrogen) atoms. The van der Waals surface area contributed by atoms with E-state index in [4.69, 9.17) is 9.15 Å². The summed E-state index contributed by atoms with van der Waals surface area (Å²) in [6, 6.07) is 7.75. The molecule has 146 valence electrons. The first-order valence-electron chi connectivity index (χ1n) is 8.85. The van der Waals surface area contributed by atoms with Crippen LogP contribution < -0.4 is 5.32 Å². The van der Waals surface area contributed by atoms with Crippen LogP contribution in [0.2, 0.25) is 0 Å². The summed E-state index contributed by atoms with van der Waals surface area (Å²) >= 11 is 0. The Morgan fingerprint density at radius 1 is 1.19 bits per heavy atom. The number of sulfonamides is 1. The Bertz CT molecular complexity index is 929. The fraction of sp³-hybridized carbons (Fsp3) is 0.421. The number of nitrogens with one attached hydrogen (secondary N) is 1. The van der Waals surface area contributed by atoms with E-state index < -0.39 is 10.0 Å². The molecule has 7 nitrogen and oxygen atoms in total. The first kappa shape index (κ1) is 19.6. The molecular weight excluding hydrogens is 368 g/mol. The molecule has 0 saturated carbocycles. The number of rotatable bonds is 5. The molecule has 0 bridgehead atoms. The number of hydrogen-bond donors (Lipinski definition) is 1. The summed E-state index contributed by atoms with van der Waals surface area (Å²) in [4.78, 5) is 12.7. The highest BCUT2D eigenvalue weighted by molar-refractivity contribution is 7.89. The van der Waals surface area contributed by atoms with Crippen molar-refractivity contribution in [3.63, 3.8) is 0 Å². The minimum Gasteiger partial charge on any atom is -0.466 e. The maximum atomic E-state index is 12.8. The average Bonchev–Trinajstić information content (AvgIpc) is 3.01. The van der Waals surface area contributed by atoms with E-state index >= 15 is 0 Å². The number of carbonyl (C=O) groups excluding carboxylic acids is 1. The summed E-state index contributed by atoms with van der Waals surface area (Å²) in [6.07, 6.45) is 0.